The summed E-state index contributed by atoms with van der Waals surface area (Å²) in [5.74, 6) is 1.27. The van der Waals surface area contributed by atoms with Crippen molar-refractivity contribution >= 4 is 23.9 Å². The molecule has 1 fully saturated rings. The number of nitrogens with one attached hydrogen (secondary N) is 2. The van der Waals surface area contributed by atoms with Gasteiger partial charge in [0.2, 0.25) is 5.95 Å². The summed E-state index contributed by atoms with van der Waals surface area (Å²) in [6, 6.07) is 20.0. The van der Waals surface area contributed by atoms with Crippen molar-refractivity contribution in [2.75, 3.05) is 10.6 Å². The first kappa shape index (κ1) is 20.8. The molecule has 0 atom stereocenters. The van der Waals surface area contributed by atoms with E-state index in [0.717, 1.165) is 41.8 Å². The predicted molar refractivity (Wildman–Crippen MR) is 123 cm³/mol. The van der Waals surface area contributed by atoms with Crippen LogP contribution in [0.4, 0.5) is 17.5 Å². The summed E-state index contributed by atoms with van der Waals surface area (Å²) in [4.78, 5) is 20.3. The summed E-state index contributed by atoms with van der Waals surface area (Å²) in [7, 11) is 0. The van der Waals surface area contributed by atoms with Crippen LogP contribution in [0, 0.1) is 0 Å². The van der Waals surface area contributed by atoms with Gasteiger partial charge in [0, 0.05) is 22.9 Å². The van der Waals surface area contributed by atoms with Gasteiger partial charge in [-0.15, -0.1) is 0 Å². The third-order valence-electron chi connectivity index (χ3n) is 5.40. The smallest absolute Gasteiger partial charge is 0.293 e. The van der Waals surface area contributed by atoms with Crippen molar-refractivity contribution in [1.29, 1.82) is 0 Å². The molecule has 0 spiro atoms. The van der Waals surface area contributed by atoms with Gasteiger partial charge >= 0.3 is 0 Å². The van der Waals surface area contributed by atoms with Gasteiger partial charge in [0.15, 0.2) is 0 Å². The fraction of sp³-hybridized carbons (Fsp3) is 0.320. The maximum absolute atomic E-state index is 10.9. The molecule has 0 unspecified atom stereocenters. The van der Waals surface area contributed by atoms with Crippen LogP contribution in [-0.4, -0.2) is 22.0 Å². The summed E-state index contributed by atoms with van der Waals surface area (Å²) in [5.41, 5.74) is 3.18. The van der Waals surface area contributed by atoms with Crippen LogP contribution in [-0.2, 0) is 15.1 Å². The number of anilines is 3. The van der Waals surface area contributed by atoms with Crippen molar-refractivity contribution < 1.29 is 9.53 Å². The first-order valence-electron chi connectivity index (χ1n) is 10.6. The third-order valence-corrected chi connectivity index (χ3v) is 5.40. The number of hydrogen-bond donors (Lipinski definition) is 2. The van der Waals surface area contributed by atoms with E-state index in [0.29, 0.717) is 18.2 Å². The summed E-state index contributed by atoms with van der Waals surface area (Å²) in [5, 5.41) is 6.75. The standard InChI is InChI=1S/C25H28N4O2/c1-24(2,3)29-23-27-21(18-8-5-4-6-9-18)16-22(28-23)26-20-12-10-19(11-13-20)25(31-17-30)14-7-15-25/h4-6,8-13,16-17H,7,14-15H2,1-3H3,(H2,26,27,28,29). The molecule has 2 aromatic carbocycles. The molecule has 0 radical (unpaired) electrons. The Morgan fingerprint density at radius 3 is 2.29 bits per heavy atom. The molecular formula is C25H28N4O2. The van der Waals surface area contributed by atoms with Crippen molar-refractivity contribution in [3.05, 3.63) is 66.2 Å². The van der Waals surface area contributed by atoms with Crippen molar-refractivity contribution in [1.82, 2.24) is 9.97 Å². The molecule has 160 valence electrons. The lowest BCUT2D eigenvalue weighted by atomic mass is 9.75. The van der Waals surface area contributed by atoms with Crippen LogP contribution in [0.15, 0.2) is 60.7 Å². The quantitative estimate of drug-likeness (QED) is 0.485. The zero-order chi connectivity index (χ0) is 21.9. The monoisotopic (exact) mass is 416 g/mol. The molecule has 3 aromatic rings. The number of ether oxygens (including phenoxy) is 1. The maximum atomic E-state index is 10.9. The van der Waals surface area contributed by atoms with E-state index < -0.39 is 5.60 Å². The molecule has 1 aliphatic carbocycles. The minimum absolute atomic E-state index is 0.163. The molecule has 0 aliphatic heterocycles. The number of carbonyl (C=O) groups is 1. The molecule has 1 saturated carbocycles. The van der Waals surface area contributed by atoms with Crippen molar-refractivity contribution in [3.63, 3.8) is 0 Å². The van der Waals surface area contributed by atoms with Gasteiger partial charge in [0.25, 0.3) is 6.47 Å². The van der Waals surface area contributed by atoms with Crippen LogP contribution in [0.3, 0.4) is 0 Å². The molecule has 1 aromatic heterocycles. The van der Waals surface area contributed by atoms with Gasteiger partial charge in [-0.1, -0.05) is 42.5 Å². The van der Waals surface area contributed by atoms with Crippen LogP contribution >= 0.6 is 0 Å². The number of carbonyl (C=O) groups excluding carboxylic acids is 1. The highest BCUT2D eigenvalue weighted by Crippen LogP contribution is 2.44. The third kappa shape index (κ3) is 4.85. The average molecular weight is 417 g/mol. The number of benzene rings is 2. The number of nitrogens with zero attached hydrogens (tertiary/aromatic N) is 2. The SMILES string of the molecule is CC(C)(C)Nc1nc(Nc2ccc(C3(OC=O)CCC3)cc2)cc(-c2ccccc2)n1. The highest BCUT2D eigenvalue weighted by molar-refractivity contribution is 5.67. The molecule has 4 rings (SSSR count). The van der Waals surface area contributed by atoms with Gasteiger partial charge in [-0.25, -0.2) is 4.98 Å². The van der Waals surface area contributed by atoms with Gasteiger partial charge in [0.05, 0.1) is 5.69 Å². The molecule has 0 saturated heterocycles. The zero-order valence-electron chi connectivity index (χ0n) is 18.2. The molecule has 1 aliphatic rings. The lowest BCUT2D eigenvalue weighted by molar-refractivity contribution is -0.155. The fourth-order valence-electron chi connectivity index (χ4n) is 3.73. The lowest BCUT2D eigenvalue weighted by Gasteiger charge is -2.40. The predicted octanol–water partition coefficient (Wildman–Crippen LogP) is 5.65. The second-order valence-corrected chi connectivity index (χ2v) is 8.97. The summed E-state index contributed by atoms with van der Waals surface area (Å²) in [6.45, 7) is 6.79. The van der Waals surface area contributed by atoms with E-state index in [1.807, 2.05) is 60.7 Å². The van der Waals surface area contributed by atoms with Gasteiger partial charge in [-0.2, -0.15) is 4.98 Å². The molecule has 31 heavy (non-hydrogen) atoms. The topological polar surface area (TPSA) is 76.1 Å². The van der Waals surface area contributed by atoms with Crippen molar-refractivity contribution in [2.24, 2.45) is 0 Å². The minimum Gasteiger partial charge on any atom is -0.456 e. The van der Waals surface area contributed by atoms with Crippen LogP contribution in [0.1, 0.15) is 45.6 Å². The number of aromatic nitrogens is 2. The van der Waals surface area contributed by atoms with E-state index in [1.54, 1.807) is 0 Å². The molecule has 0 amide bonds. The molecule has 2 N–H and O–H groups in total. The lowest BCUT2D eigenvalue weighted by Crippen LogP contribution is -2.36. The minimum atomic E-state index is -0.459. The Kier molecular flexibility index (Phi) is 5.63. The van der Waals surface area contributed by atoms with E-state index >= 15 is 0 Å². The zero-order valence-corrected chi connectivity index (χ0v) is 18.2. The van der Waals surface area contributed by atoms with Gasteiger partial charge in [0.1, 0.15) is 11.4 Å². The van der Waals surface area contributed by atoms with E-state index in [1.165, 1.54) is 0 Å². The molecule has 6 nitrogen and oxygen atoms in total. The van der Waals surface area contributed by atoms with E-state index in [2.05, 4.69) is 36.4 Å². The van der Waals surface area contributed by atoms with Crippen molar-refractivity contribution in [2.45, 2.75) is 51.2 Å². The van der Waals surface area contributed by atoms with Gasteiger partial charge < -0.3 is 15.4 Å². The van der Waals surface area contributed by atoms with Crippen LogP contribution < -0.4 is 10.6 Å². The first-order valence-corrected chi connectivity index (χ1v) is 10.6. The highest BCUT2D eigenvalue weighted by atomic mass is 16.5. The molecule has 0 bridgehead atoms. The highest BCUT2D eigenvalue weighted by Gasteiger charge is 2.40. The molecule has 6 heteroatoms. The van der Waals surface area contributed by atoms with E-state index in [9.17, 15) is 4.79 Å². The van der Waals surface area contributed by atoms with Gasteiger partial charge in [-0.05, 0) is 57.7 Å². The van der Waals surface area contributed by atoms with Crippen LogP contribution in [0.2, 0.25) is 0 Å². The summed E-state index contributed by atoms with van der Waals surface area (Å²) in [6.07, 6.45) is 2.81. The Morgan fingerprint density at radius 2 is 1.71 bits per heavy atom. The Balaban J connectivity index is 1.61. The van der Waals surface area contributed by atoms with Gasteiger partial charge in [-0.3, -0.25) is 4.79 Å². The van der Waals surface area contributed by atoms with E-state index in [4.69, 9.17) is 9.72 Å². The second-order valence-electron chi connectivity index (χ2n) is 8.97. The largest absolute Gasteiger partial charge is 0.456 e. The van der Waals surface area contributed by atoms with Crippen LogP contribution in [0.25, 0.3) is 11.3 Å². The Bertz CT molecular complexity index is 1040. The number of rotatable bonds is 7. The van der Waals surface area contributed by atoms with Crippen LogP contribution in [0.5, 0.6) is 0 Å². The normalized spacial score (nSPS) is 14.9. The van der Waals surface area contributed by atoms with E-state index in [-0.39, 0.29) is 5.54 Å². The maximum Gasteiger partial charge on any atom is 0.293 e. The molecular weight excluding hydrogens is 388 g/mol. The molecule has 1 heterocycles. The summed E-state index contributed by atoms with van der Waals surface area (Å²) < 4.78 is 5.41. The Hall–Kier alpha value is -3.41. The summed E-state index contributed by atoms with van der Waals surface area (Å²) >= 11 is 0. The first-order chi connectivity index (χ1) is 14.9. The fourth-order valence-corrected chi connectivity index (χ4v) is 3.73. The average Bonchev–Trinajstić information content (AvgIpc) is 2.71. The second kappa shape index (κ2) is 8.38. The number of hydrogen-bond acceptors (Lipinski definition) is 6. The Morgan fingerprint density at radius 1 is 1.00 bits per heavy atom. The van der Waals surface area contributed by atoms with Crippen molar-refractivity contribution in [3.8, 4) is 11.3 Å². The Labute approximate surface area is 183 Å².